The van der Waals surface area contributed by atoms with Gasteiger partial charge in [0.15, 0.2) is 0 Å². The monoisotopic (exact) mass is 426 g/mol. The van der Waals surface area contributed by atoms with E-state index in [2.05, 4.69) is 16.0 Å². The molecule has 0 radical (unpaired) electrons. The summed E-state index contributed by atoms with van der Waals surface area (Å²) in [5, 5.41) is 9.19. The average molecular weight is 426 g/mol. The van der Waals surface area contributed by atoms with E-state index in [-0.39, 0.29) is 18.7 Å². The van der Waals surface area contributed by atoms with E-state index >= 15 is 0 Å². The molecule has 5 rings (SSSR count). The summed E-state index contributed by atoms with van der Waals surface area (Å²) in [7, 11) is 0. The Hall–Kier alpha value is -2.62. The number of carbonyl (C=O) groups is 4. The fraction of sp³-hybridized carbons (Fsp3) is 0.545. The maximum Gasteiger partial charge on any atom is 0.262 e. The van der Waals surface area contributed by atoms with Crippen molar-refractivity contribution in [1.82, 2.24) is 20.9 Å². The predicted molar refractivity (Wildman–Crippen MR) is 109 cm³/mol. The molecule has 0 aliphatic carbocycles. The van der Waals surface area contributed by atoms with Gasteiger partial charge in [-0.05, 0) is 37.0 Å². The van der Waals surface area contributed by atoms with E-state index in [1.54, 1.807) is 12.1 Å². The van der Waals surface area contributed by atoms with Crippen molar-refractivity contribution in [2.45, 2.75) is 44.3 Å². The molecule has 3 saturated heterocycles. The van der Waals surface area contributed by atoms with Crippen molar-refractivity contribution in [3.8, 4) is 0 Å². The lowest BCUT2D eigenvalue weighted by Gasteiger charge is -2.52. The van der Waals surface area contributed by atoms with E-state index in [9.17, 15) is 19.2 Å². The second-order valence-electron chi connectivity index (χ2n) is 8.87. The van der Waals surface area contributed by atoms with Crippen molar-refractivity contribution in [1.29, 1.82) is 0 Å². The van der Waals surface area contributed by atoms with Gasteiger partial charge in [0.05, 0.1) is 11.1 Å². The van der Waals surface area contributed by atoms with Crippen LogP contribution < -0.4 is 16.0 Å². The molecular weight excluding hydrogens is 400 g/mol. The Morgan fingerprint density at radius 3 is 2.58 bits per heavy atom. The van der Waals surface area contributed by atoms with E-state index in [0.29, 0.717) is 29.1 Å². The minimum absolute atomic E-state index is 0.113. The van der Waals surface area contributed by atoms with Crippen LogP contribution in [0.2, 0.25) is 0 Å². The molecule has 4 amide bonds. The van der Waals surface area contributed by atoms with Crippen LogP contribution in [-0.4, -0.2) is 66.9 Å². The Labute approximate surface area is 179 Å². The van der Waals surface area contributed by atoms with Crippen molar-refractivity contribution >= 4 is 23.6 Å². The number of rotatable bonds is 5. The molecule has 2 unspecified atom stereocenters. The highest BCUT2D eigenvalue weighted by Crippen LogP contribution is 2.39. The number of nitrogens with one attached hydrogen (secondary N) is 3. The topological polar surface area (TPSA) is 117 Å². The van der Waals surface area contributed by atoms with Crippen molar-refractivity contribution in [3.05, 3.63) is 34.9 Å². The Bertz CT molecular complexity index is 955. The van der Waals surface area contributed by atoms with Crippen LogP contribution in [0.15, 0.2) is 18.2 Å². The number of ether oxygens (including phenoxy) is 1. The lowest BCUT2D eigenvalue weighted by atomic mass is 9.68. The number of benzene rings is 1. The number of piperidine rings is 1. The lowest BCUT2D eigenvalue weighted by Crippen LogP contribution is -2.67. The van der Waals surface area contributed by atoms with Gasteiger partial charge in [0.2, 0.25) is 11.8 Å². The molecule has 3 N–H and O–H groups in total. The zero-order chi connectivity index (χ0) is 21.6. The Morgan fingerprint density at radius 2 is 1.87 bits per heavy atom. The largest absolute Gasteiger partial charge is 0.381 e. The number of hydrogen-bond donors (Lipinski definition) is 3. The van der Waals surface area contributed by atoms with Gasteiger partial charge in [-0.15, -0.1) is 0 Å². The third-order valence-corrected chi connectivity index (χ3v) is 7.11. The molecule has 3 fully saturated rings. The second kappa shape index (κ2) is 7.81. The summed E-state index contributed by atoms with van der Waals surface area (Å²) in [6.07, 6.45) is 2.43. The smallest absolute Gasteiger partial charge is 0.262 e. The van der Waals surface area contributed by atoms with E-state index < -0.39 is 23.8 Å². The van der Waals surface area contributed by atoms with E-state index in [1.165, 1.54) is 0 Å². The second-order valence-corrected chi connectivity index (χ2v) is 8.87. The van der Waals surface area contributed by atoms with Crippen molar-refractivity contribution in [2.24, 2.45) is 5.41 Å². The van der Waals surface area contributed by atoms with Crippen molar-refractivity contribution in [3.63, 3.8) is 0 Å². The zero-order valence-electron chi connectivity index (χ0n) is 17.2. The third kappa shape index (κ3) is 3.46. The lowest BCUT2D eigenvalue weighted by molar-refractivity contribution is -0.136. The summed E-state index contributed by atoms with van der Waals surface area (Å²) in [6, 6.07) is 4.69. The molecule has 9 heteroatoms. The summed E-state index contributed by atoms with van der Waals surface area (Å²) >= 11 is 0. The maximum atomic E-state index is 12.9. The van der Waals surface area contributed by atoms with Gasteiger partial charge in [0.1, 0.15) is 6.04 Å². The highest BCUT2D eigenvalue weighted by Gasteiger charge is 2.47. The molecular formula is C22H26N4O5. The van der Waals surface area contributed by atoms with Crippen LogP contribution in [0.5, 0.6) is 0 Å². The Morgan fingerprint density at radius 1 is 1.10 bits per heavy atom. The minimum atomic E-state index is -0.938. The number of carbonyl (C=O) groups excluding carboxylic acids is 4. The number of fused-ring (bicyclic) bond motifs is 1. The molecule has 1 spiro atoms. The maximum absolute atomic E-state index is 12.9. The van der Waals surface area contributed by atoms with Gasteiger partial charge in [-0.1, -0.05) is 6.07 Å². The van der Waals surface area contributed by atoms with Gasteiger partial charge in [-0.3, -0.25) is 29.4 Å². The van der Waals surface area contributed by atoms with Crippen LogP contribution in [0.1, 0.15) is 52.0 Å². The van der Waals surface area contributed by atoms with E-state index in [0.717, 1.165) is 49.6 Å². The Kier molecular flexibility index (Phi) is 5.11. The first-order valence-electron chi connectivity index (χ1n) is 10.8. The highest BCUT2D eigenvalue weighted by atomic mass is 16.5. The summed E-state index contributed by atoms with van der Waals surface area (Å²) in [6.45, 7) is 4.09. The first-order chi connectivity index (χ1) is 15.0. The molecule has 1 aromatic rings. The quantitative estimate of drug-likeness (QED) is 0.565. The molecule has 1 aromatic carbocycles. The first-order valence-corrected chi connectivity index (χ1v) is 10.8. The SMILES string of the molecule is O=C1CCC(N2C(=O)c3ccc(CNCC4NCC45CCOCC5)cc3C2=O)C(=O)N1. The van der Waals surface area contributed by atoms with Gasteiger partial charge in [-0.25, -0.2) is 0 Å². The van der Waals surface area contributed by atoms with Gasteiger partial charge < -0.3 is 15.4 Å². The molecule has 0 saturated carbocycles. The molecule has 4 aliphatic rings. The Balaban J connectivity index is 1.23. The van der Waals surface area contributed by atoms with Crippen LogP contribution in [0, 0.1) is 5.41 Å². The molecule has 164 valence electrons. The summed E-state index contributed by atoms with van der Waals surface area (Å²) in [5.41, 5.74) is 1.86. The van der Waals surface area contributed by atoms with Crippen molar-refractivity contribution in [2.75, 3.05) is 26.3 Å². The summed E-state index contributed by atoms with van der Waals surface area (Å²) in [5.74, 6) is -1.93. The molecule has 4 aliphatic heterocycles. The summed E-state index contributed by atoms with van der Waals surface area (Å²) in [4.78, 5) is 50.3. The van der Waals surface area contributed by atoms with Gasteiger partial charge >= 0.3 is 0 Å². The summed E-state index contributed by atoms with van der Waals surface area (Å²) < 4.78 is 5.50. The third-order valence-electron chi connectivity index (χ3n) is 7.11. The minimum Gasteiger partial charge on any atom is -0.381 e. The highest BCUT2D eigenvalue weighted by molar-refractivity contribution is 6.23. The number of nitrogens with zero attached hydrogens (tertiary/aromatic N) is 1. The number of hydrogen-bond acceptors (Lipinski definition) is 7. The number of amides is 4. The van der Waals surface area contributed by atoms with Crippen LogP contribution in [0.4, 0.5) is 0 Å². The fourth-order valence-corrected chi connectivity index (χ4v) is 5.12. The molecule has 31 heavy (non-hydrogen) atoms. The standard InChI is InChI=1S/C22H26N4O5/c27-18-4-3-16(19(28)25-18)26-20(29)14-2-1-13(9-15(14)21(26)30)10-23-11-17-22(12-24-17)5-7-31-8-6-22/h1-2,9,16-17,23-24H,3-8,10-12H2,(H,25,27,28). The molecule has 2 atom stereocenters. The molecule has 0 aromatic heterocycles. The molecule has 4 heterocycles. The van der Waals surface area contributed by atoms with Gasteiger partial charge in [-0.2, -0.15) is 0 Å². The predicted octanol–water partition coefficient (Wildman–Crippen LogP) is -0.0540. The molecule has 0 bridgehead atoms. The van der Waals surface area contributed by atoms with Crippen LogP contribution in [0.3, 0.4) is 0 Å². The normalized spacial score (nSPS) is 27.3. The molecule has 9 nitrogen and oxygen atoms in total. The van der Waals surface area contributed by atoms with E-state index in [1.807, 2.05) is 6.07 Å². The first kappa shape index (κ1) is 20.3. The van der Waals surface area contributed by atoms with Crippen LogP contribution >= 0.6 is 0 Å². The van der Waals surface area contributed by atoms with Crippen LogP contribution in [0.25, 0.3) is 0 Å². The zero-order valence-corrected chi connectivity index (χ0v) is 17.2. The number of imide groups is 2. The average Bonchev–Trinajstić information content (AvgIpc) is 3.01. The van der Waals surface area contributed by atoms with Crippen molar-refractivity contribution < 1.29 is 23.9 Å². The van der Waals surface area contributed by atoms with E-state index in [4.69, 9.17) is 4.74 Å². The van der Waals surface area contributed by atoms with Gasteiger partial charge in [0, 0.05) is 50.7 Å². The van der Waals surface area contributed by atoms with Crippen LogP contribution in [-0.2, 0) is 20.9 Å². The fourth-order valence-electron chi connectivity index (χ4n) is 5.12. The van der Waals surface area contributed by atoms with Gasteiger partial charge in [0.25, 0.3) is 11.8 Å².